The van der Waals surface area contributed by atoms with Crippen LogP contribution in [0, 0.1) is 6.92 Å². The van der Waals surface area contributed by atoms with Crippen LogP contribution in [-0.4, -0.2) is 0 Å². The number of benzene rings is 2. The van der Waals surface area contributed by atoms with Gasteiger partial charge in [-0.15, -0.1) is 0 Å². The van der Waals surface area contributed by atoms with Crippen LogP contribution in [0.5, 0.6) is 0 Å². The molecule has 2 aromatic rings. The van der Waals surface area contributed by atoms with E-state index in [0.29, 0.717) is 0 Å². The molecule has 0 aliphatic rings. The summed E-state index contributed by atoms with van der Waals surface area (Å²) < 4.78 is 0. The van der Waals surface area contributed by atoms with E-state index in [1.165, 1.54) is 48.4 Å². The molecule has 0 unspecified atom stereocenters. The van der Waals surface area contributed by atoms with Crippen LogP contribution in [0.3, 0.4) is 0 Å². The van der Waals surface area contributed by atoms with Gasteiger partial charge < -0.3 is 0 Å². The summed E-state index contributed by atoms with van der Waals surface area (Å²) in [5.41, 5.74) is 4.68. The lowest BCUT2D eigenvalue weighted by molar-refractivity contribution is 0.783. The van der Waals surface area contributed by atoms with E-state index in [2.05, 4.69) is 51.1 Å². The van der Waals surface area contributed by atoms with Crippen molar-refractivity contribution < 1.29 is 0 Å². The van der Waals surface area contributed by atoms with Crippen molar-refractivity contribution in [1.82, 2.24) is 0 Å². The highest BCUT2D eigenvalue weighted by atomic mass is 14.1. The van der Waals surface area contributed by atoms with Crippen molar-refractivity contribution in [2.24, 2.45) is 0 Å². The van der Waals surface area contributed by atoms with Crippen molar-refractivity contribution in [3.8, 4) is 0 Å². The van der Waals surface area contributed by atoms with Gasteiger partial charge in [0.15, 0.2) is 0 Å². The van der Waals surface area contributed by atoms with E-state index in [-0.39, 0.29) is 0 Å². The zero-order valence-corrected chi connectivity index (χ0v) is 11.9. The molecule has 0 aromatic heterocycles. The highest BCUT2D eigenvalue weighted by Gasteiger charge is 2.09. The Hall–Kier alpha value is -1.30. The molecular formula is C18H24. The summed E-state index contributed by atoms with van der Waals surface area (Å²) >= 11 is 0. The molecule has 0 aliphatic carbocycles. The van der Waals surface area contributed by atoms with Gasteiger partial charge in [-0.25, -0.2) is 0 Å². The third kappa shape index (κ3) is 2.58. The molecule has 0 fully saturated rings. The molecule has 2 rings (SSSR count). The molecule has 96 valence electrons. The lowest BCUT2D eigenvalue weighted by Crippen LogP contribution is -1.99. The van der Waals surface area contributed by atoms with Crippen molar-refractivity contribution in [2.75, 3.05) is 0 Å². The number of hydrogen-bond acceptors (Lipinski definition) is 0. The van der Waals surface area contributed by atoms with E-state index in [9.17, 15) is 0 Å². The summed E-state index contributed by atoms with van der Waals surface area (Å²) in [6, 6.07) is 11.2. The summed E-state index contributed by atoms with van der Waals surface area (Å²) in [5, 5.41) is 2.88. The van der Waals surface area contributed by atoms with E-state index in [0.717, 1.165) is 0 Å². The van der Waals surface area contributed by atoms with E-state index in [1.54, 1.807) is 11.1 Å². The van der Waals surface area contributed by atoms with Gasteiger partial charge in [0, 0.05) is 0 Å². The maximum Gasteiger partial charge on any atom is -0.0149 e. The summed E-state index contributed by atoms with van der Waals surface area (Å²) in [6.07, 6.45) is 6.25. The molecule has 18 heavy (non-hydrogen) atoms. The number of unbranched alkanes of at least 4 members (excludes halogenated alkanes) is 1. The first-order chi connectivity index (χ1) is 8.77. The average Bonchev–Trinajstić information content (AvgIpc) is 2.38. The Bertz CT molecular complexity index is 523. The standard InChI is InChI=1S/C18H24/c1-4-6-11-18-16(9-5-2)14(3)13-15-10-7-8-12-17(15)18/h7-8,10,12-13H,4-6,9,11H2,1-3H3. The summed E-state index contributed by atoms with van der Waals surface area (Å²) in [7, 11) is 0. The lowest BCUT2D eigenvalue weighted by Gasteiger charge is -2.15. The Kier molecular flexibility index (Phi) is 4.41. The van der Waals surface area contributed by atoms with Crippen molar-refractivity contribution >= 4 is 10.8 Å². The molecule has 0 heteroatoms. The van der Waals surface area contributed by atoms with Crippen LogP contribution in [0.25, 0.3) is 10.8 Å². The third-order valence-corrected chi connectivity index (χ3v) is 3.78. The van der Waals surface area contributed by atoms with Gasteiger partial charge in [-0.05, 0) is 53.6 Å². The average molecular weight is 240 g/mol. The maximum atomic E-state index is 2.36. The van der Waals surface area contributed by atoms with Crippen molar-refractivity contribution in [3.05, 3.63) is 47.0 Å². The lowest BCUT2D eigenvalue weighted by atomic mass is 9.89. The van der Waals surface area contributed by atoms with Crippen LogP contribution < -0.4 is 0 Å². The van der Waals surface area contributed by atoms with Crippen LogP contribution in [0.4, 0.5) is 0 Å². The first-order valence-corrected chi connectivity index (χ1v) is 7.28. The van der Waals surface area contributed by atoms with Crippen LogP contribution in [-0.2, 0) is 12.8 Å². The molecule has 0 saturated carbocycles. The van der Waals surface area contributed by atoms with E-state index < -0.39 is 0 Å². The third-order valence-electron chi connectivity index (χ3n) is 3.78. The molecule has 0 spiro atoms. The Morgan fingerprint density at radius 2 is 1.67 bits per heavy atom. The predicted octanol–water partition coefficient (Wildman–Crippen LogP) is 5.44. The zero-order chi connectivity index (χ0) is 13.0. The summed E-state index contributed by atoms with van der Waals surface area (Å²) in [6.45, 7) is 6.82. The number of aryl methyl sites for hydroxylation is 2. The molecule has 0 heterocycles. The van der Waals surface area contributed by atoms with E-state index in [4.69, 9.17) is 0 Å². The largest absolute Gasteiger partial charge is 0.0654 e. The van der Waals surface area contributed by atoms with Crippen molar-refractivity contribution in [3.63, 3.8) is 0 Å². The van der Waals surface area contributed by atoms with Crippen LogP contribution in [0.15, 0.2) is 30.3 Å². The minimum absolute atomic E-state index is 1.22. The van der Waals surface area contributed by atoms with Gasteiger partial charge in [-0.2, -0.15) is 0 Å². The van der Waals surface area contributed by atoms with Gasteiger partial charge in [-0.1, -0.05) is 57.0 Å². The van der Waals surface area contributed by atoms with Crippen molar-refractivity contribution in [2.45, 2.75) is 52.9 Å². The van der Waals surface area contributed by atoms with Crippen LogP contribution >= 0.6 is 0 Å². The SMILES string of the molecule is CCCCc1c(CCC)c(C)cc2ccccc12. The molecule has 0 bridgehead atoms. The Balaban J connectivity index is 2.60. The number of hydrogen-bond donors (Lipinski definition) is 0. The minimum Gasteiger partial charge on any atom is -0.0654 e. The second kappa shape index (κ2) is 6.04. The van der Waals surface area contributed by atoms with Gasteiger partial charge in [0.25, 0.3) is 0 Å². The van der Waals surface area contributed by atoms with Gasteiger partial charge in [-0.3, -0.25) is 0 Å². The summed E-state index contributed by atoms with van der Waals surface area (Å²) in [5.74, 6) is 0. The maximum absolute atomic E-state index is 2.36. The highest BCUT2D eigenvalue weighted by Crippen LogP contribution is 2.28. The van der Waals surface area contributed by atoms with Gasteiger partial charge in [0.05, 0.1) is 0 Å². The molecule has 0 aliphatic heterocycles. The predicted molar refractivity (Wildman–Crippen MR) is 81.3 cm³/mol. The quantitative estimate of drug-likeness (QED) is 0.652. The van der Waals surface area contributed by atoms with Crippen LogP contribution in [0.1, 0.15) is 49.8 Å². The van der Waals surface area contributed by atoms with E-state index in [1.807, 2.05) is 0 Å². The Morgan fingerprint density at radius 3 is 2.39 bits per heavy atom. The molecule has 0 atom stereocenters. The van der Waals surface area contributed by atoms with Gasteiger partial charge >= 0.3 is 0 Å². The fourth-order valence-electron chi connectivity index (χ4n) is 2.86. The smallest absolute Gasteiger partial charge is 0.0149 e. The minimum atomic E-state index is 1.22. The highest BCUT2D eigenvalue weighted by molar-refractivity contribution is 5.87. The topological polar surface area (TPSA) is 0 Å². The molecular weight excluding hydrogens is 216 g/mol. The first kappa shape index (κ1) is 13.1. The van der Waals surface area contributed by atoms with E-state index >= 15 is 0 Å². The summed E-state index contributed by atoms with van der Waals surface area (Å²) in [4.78, 5) is 0. The molecule has 0 nitrogen and oxygen atoms in total. The Morgan fingerprint density at radius 1 is 0.889 bits per heavy atom. The second-order valence-electron chi connectivity index (χ2n) is 5.23. The van der Waals surface area contributed by atoms with Crippen molar-refractivity contribution in [1.29, 1.82) is 0 Å². The van der Waals surface area contributed by atoms with Crippen LogP contribution in [0.2, 0.25) is 0 Å². The molecule has 0 radical (unpaired) electrons. The number of fused-ring (bicyclic) bond motifs is 1. The fraction of sp³-hybridized carbons (Fsp3) is 0.444. The normalized spacial score (nSPS) is 11.1. The monoisotopic (exact) mass is 240 g/mol. The molecule has 0 N–H and O–H groups in total. The fourth-order valence-corrected chi connectivity index (χ4v) is 2.86. The zero-order valence-electron chi connectivity index (χ0n) is 11.9. The molecule has 0 saturated heterocycles. The second-order valence-corrected chi connectivity index (χ2v) is 5.23. The molecule has 2 aromatic carbocycles. The first-order valence-electron chi connectivity index (χ1n) is 7.28. The molecule has 0 amide bonds. The Labute approximate surface area is 111 Å². The van der Waals surface area contributed by atoms with Gasteiger partial charge in [0.2, 0.25) is 0 Å². The number of rotatable bonds is 5. The van der Waals surface area contributed by atoms with Gasteiger partial charge in [0.1, 0.15) is 0 Å².